The molecule has 2 rings (SSSR count). The van der Waals surface area contributed by atoms with E-state index in [1.54, 1.807) is 36.4 Å². The molecule has 0 aliphatic rings. The Morgan fingerprint density at radius 3 is 1.95 bits per heavy atom. The Kier molecular flexibility index (Phi) is 4.40. The summed E-state index contributed by atoms with van der Waals surface area (Å²) in [6, 6.07) is 12.5. The van der Waals surface area contributed by atoms with Crippen molar-refractivity contribution in [2.75, 3.05) is 18.1 Å². The molecule has 0 spiro atoms. The maximum atomic E-state index is 11.7. The van der Waals surface area contributed by atoms with E-state index in [0.29, 0.717) is 22.7 Å². The maximum absolute atomic E-state index is 11.7. The number of nitrogens with two attached hydrogens (primary N) is 2. The molecule has 6 heteroatoms. The summed E-state index contributed by atoms with van der Waals surface area (Å²) >= 11 is 0. The number of anilines is 2. The molecule has 108 valence electrons. The topological polar surface area (TPSA) is 105 Å². The summed E-state index contributed by atoms with van der Waals surface area (Å²) in [6.45, 7) is -0.479. The van der Waals surface area contributed by atoms with Crippen molar-refractivity contribution in [1.29, 1.82) is 0 Å². The van der Waals surface area contributed by atoms with E-state index in [1.165, 1.54) is 12.1 Å². The van der Waals surface area contributed by atoms with Crippen LogP contribution in [0.2, 0.25) is 0 Å². The number of ether oxygens (including phenoxy) is 2. The second-order valence-electron chi connectivity index (χ2n) is 4.24. The van der Waals surface area contributed by atoms with Gasteiger partial charge in [0.2, 0.25) is 0 Å². The van der Waals surface area contributed by atoms with E-state index >= 15 is 0 Å². The summed E-state index contributed by atoms with van der Waals surface area (Å²) in [7, 11) is 0. The van der Waals surface area contributed by atoms with Gasteiger partial charge in [-0.25, -0.2) is 9.59 Å². The fourth-order valence-electron chi connectivity index (χ4n) is 1.52. The monoisotopic (exact) mass is 286 g/mol. The van der Waals surface area contributed by atoms with Gasteiger partial charge in [0.15, 0.2) is 6.61 Å². The number of nitrogen functional groups attached to an aromatic ring is 2. The quantitative estimate of drug-likeness (QED) is 0.502. The molecule has 0 aliphatic carbocycles. The predicted molar refractivity (Wildman–Crippen MR) is 77.6 cm³/mol. The maximum Gasteiger partial charge on any atom is 0.349 e. The molecule has 2 aromatic rings. The first-order valence-electron chi connectivity index (χ1n) is 6.13. The molecule has 2 aromatic carbocycles. The first-order chi connectivity index (χ1) is 10.0. The van der Waals surface area contributed by atoms with Gasteiger partial charge in [-0.3, -0.25) is 0 Å². The first-order valence-corrected chi connectivity index (χ1v) is 6.13. The zero-order valence-corrected chi connectivity index (χ0v) is 11.1. The average Bonchev–Trinajstić information content (AvgIpc) is 2.48. The predicted octanol–water partition coefficient (Wildman–Crippen LogP) is 1.61. The van der Waals surface area contributed by atoms with Crippen LogP contribution < -0.4 is 16.2 Å². The number of hydrogen-bond acceptors (Lipinski definition) is 6. The summed E-state index contributed by atoms with van der Waals surface area (Å²) in [5.41, 5.74) is 12.4. The zero-order chi connectivity index (χ0) is 15.2. The summed E-state index contributed by atoms with van der Waals surface area (Å²) in [6.07, 6.45) is 0. The highest BCUT2D eigenvalue weighted by Gasteiger charge is 2.11. The van der Waals surface area contributed by atoms with Gasteiger partial charge in [0.1, 0.15) is 5.75 Å². The summed E-state index contributed by atoms with van der Waals surface area (Å²) in [5.74, 6) is -0.967. The van der Waals surface area contributed by atoms with E-state index in [9.17, 15) is 9.59 Å². The molecule has 0 heterocycles. The van der Waals surface area contributed by atoms with Crippen LogP contribution in [0.3, 0.4) is 0 Å². The van der Waals surface area contributed by atoms with Crippen molar-refractivity contribution < 1.29 is 19.1 Å². The van der Waals surface area contributed by atoms with Gasteiger partial charge in [-0.1, -0.05) is 0 Å². The van der Waals surface area contributed by atoms with E-state index < -0.39 is 18.5 Å². The van der Waals surface area contributed by atoms with Crippen molar-refractivity contribution in [3.8, 4) is 5.75 Å². The normalized spacial score (nSPS) is 9.90. The molecular weight excluding hydrogens is 272 g/mol. The van der Waals surface area contributed by atoms with E-state index in [4.69, 9.17) is 20.9 Å². The Morgan fingerprint density at radius 2 is 1.38 bits per heavy atom. The van der Waals surface area contributed by atoms with E-state index in [0.717, 1.165) is 0 Å². The Morgan fingerprint density at radius 1 is 0.857 bits per heavy atom. The lowest BCUT2D eigenvalue weighted by atomic mass is 10.2. The number of carbonyl (C=O) groups is 2. The van der Waals surface area contributed by atoms with Crippen LogP contribution in [0.5, 0.6) is 5.75 Å². The van der Waals surface area contributed by atoms with Gasteiger partial charge in [-0.15, -0.1) is 0 Å². The van der Waals surface area contributed by atoms with E-state index in [-0.39, 0.29) is 0 Å². The average molecular weight is 286 g/mol. The molecule has 0 atom stereocenters. The van der Waals surface area contributed by atoms with Crippen molar-refractivity contribution >= 4 is 23.3 Å². The van der Waals surface area contributed by atoms with Crippen molar-refractivity contribution in [1.82, 2.24) is 0 Å². The van der Waals surface area contributed by atoms with Gasteiger partial charge in [-0.2, -0.15) is 0 Å². The second kappa shape index (κ2) is 6.42. The number of carbonyl (C=O) groups excluding carboxylic acids is 2. The highest BCUT2D eigenvalue weighted by molar-refractivity contribution is 5.91. The molecule has 0 fully saturated rings. The Bertz CT molecular complexity index is 636. The first kappa shape index (κ1) is 14.4. The van der Waals surface area contributed by atoms with Crippen LogP contribution in [-0.2, 0) is 9.53 Å². The lowest BCUT2D eigenvalue weighted by Crippen LogP contribution is -2.18. The van der Waals surface area contributed by atoms with Crippen LogP contribution in [0.15, 0.2) is 48.5 Å². The molecule has 0 bridgehead atoms. The number of esters is 2. The lowest BCUT2D eigenvalue weighted by molar-refractivity contribution is -0.137. The SMILES string of the molecule is Nc1ccc(OC(=O)COC(=O)c2ccc(N)cc2)cc1. The van der Waals surface area contributed by atoms with Gasteiger partial charge in [0.05, 0.1) is 5.56 Å². The highest BCUT2D eigenvalue weighted by atomic mass is 16.6. The zero-order valence-electron chi connectivity index (χ0n) is 11.1. The van der Waals surface area contributed by atoms with Crippen LogP contribution in [-0.4, -0.2) is 18.5 Å². The molecule has 0 radical (unpaired) electrons. The van der Waals surface area contributed by atoms with Crippen molar-refractivity contribution in [3.63, 3.8) is 0 Å². The molecule has 4 N–H and O–H groups in total. The van der Waals surface area contributed by atoms with E-state index in [1.807, 2.05) is 0 Å². The number of rotatable bonds is 4. The van der Waals surface area contributed by atoms with Crippen molar-refractivity contribution in [2.24, 2.45) is 0 Å². The van der Waals surface area contributed by atoms with Crippen LogP contribution >= 0.6 is 0 Å². The third-order valence-corrected chi connectivity index (χ3v) is 2.58. The van der Waals surface area contributed by atoms with Crippen molar-refractivity contribution in [2.45, 2.75) is 0 Å². The fraction of sp³-hybridized carbons (Fsp3) is 0.0667. The molecule has 6 nitrogen and oxygen atoms in total. The summed E-state index contributed by atoms with van der Waals surface area (Å²) in [4.78, 5) is 23.2. The number of hydrogen-bond donors (Lipinski definition) is 2. The molecule has 0 aliphatic heterocycles. The van der Waals surface area contributed by atoms with Crippen LogP contribution in [0.25, 0.3) is 0 Å². The lowest BCUT2D eigenvalue weighted by Gasteiger charge is -2.06. The third kappa shape index (κ3) is 4.24. The molecule has 0 aromatic heterocycles. The standard InChI is InChI=1S/C15H14N2O4/c16-11-3-1-10(2-4-11)15(19)20-9-14(18)21-13-7-5-12(17)6-8-13/h1-8H,9,16-17H2. The van der Waals surface area contributed by atoms with Gasteiger partial charge in [0, 0.05) is 11.4 Å². The molecular formula is C15H14N2O4. The fourth-order valence-corrected chi connectivity index (χ4v) is 1.52. The summed E-state index contributed by atoms with van der Waals surface area (Å²) < 4.78 is 9.83. The van der Waals surface area contributed by atoms with Gasteiger partial charge in [-0.05, 0) is 48.5 Å². The van der Waals surface area contributed by atoms with Gasteiger partial charge in [0.25, 0.3) is 0 Å². The molecule has 0 saturated carbocycles. The van der Waals surface area contributed by atoms with Gasteiger partial charge >= 0.3 is 11.9 Å². The molecule has 0 unspecified atom stereocenters. The Balaban J connectivity index is 1.84. The minimum absolute atomic E-state index is 0.310. The molecule has 0 saturated heterocycles. The van der Waals surface area contributed by atoms with Crippen LogP contribution in [0, 0.1) is 0 Å². The second-order valence-corrected chi connectivity index (χ2v) is 4.24. The van der Waals surface area contributed by atoms with Crippen LogP contribution in [0.1, 0.15) is 10.4 Å². The number of benzene rings is 2. The third-order valence-electron chi connectivity index (χ3n) is 2.58. The Labute approximate surface area is 121 Å². The largest absolute Gasteiger partial charge is 0.450 e. The highest BCUT2D eigenvalue weighted by Crippen LogP contribution is 2.13. The van der Waals surface area contributed by atoms with E-state index in [2.05, 4.69) is 0 Å². The molecule has 21 heavy (non-hydrogen) atoms. The Hall–Kier alpha value is -3.02. The van der Waals surface area contributed by atoms with Crippen molar-refractivity contribution in [3.05, 3.63) is 54.1 Å². The minimum Gasteiger partial charge on any atom is -0.450 e. The van der Waals surface area contributed by atoms with Crippen LogP contribution in [0.4, 0.5) is 11.4 Å². The summed E-state index contributed by atoms with van der Waals surface area (Å²) in [5, 5.41) is 0. The smallest absolute Gasteiger partial charge is 0.349 e. The minimum atomic E-state index is -0.677. The molecule has 0 amide bonds. The van der Waals surface area contributed by atoms with Gasteiger partial charge < -0.3 is 20.9 Å².